The second-order valence-electron chi connectivity index (χ2n) is 5.56. The van der Waals surface area contributed by atoms with Crippen molar-refractivity contribution in [1.82, 2.24) is 15.5 Å². The van der Waals surface area contributed by atoms with Crippen LogP contribution in [0.1, 0.15) is 31.4 Å². The molecule has 2 N–H and O–H groups in total. The number of carbonyl (C=O) groups is 1. The zero-order valence-corrected chi connectivity index (χ0v) is 12.4. The molecule has 4 heteroatoms. The van der Waals surface area contributed by atoms with E-state index >= 15 is 0 Å². The maximum Gasteiger partial charge on any atom is 0.234 e. The quantitative estimate of drug-likeness (QED) is 0.857. The van der Waals surface area contributed by atoms with Gasteiger partial charge in [-0.15, -0.1) is 0 Å². The van der Waals surface area contributed by atoms with E-state index in [1.807, 2.05) is 44.3 Å². The van der Waals surface area contributed by atoms with E-state index in [4.69, 9.17) is 0 Å². The fourth-order valence-electron chi connectivity index (χ4n) is 2.75. The maximum absolute atomic E-state index is 12.1. The number of carbonyl (C=O) groups excluding carboxylic acids is 1. The van der Waals surface area contributed by atoms with E-state index in [9.17, 15) is 4.79 Å². The van der Waals surface area contributed by atoms with Crippen molar-refractivity contribution in [3.8, 4) is 0 Å². The molecule has 1 aromatic carbocycles. The van der Waals surface area contributed by atoms with Gasteiger partial charge in [0.2, 0.25) is 5.91 Å². The van der Waals surface area contributed by atoms with Gasteiger partial charge in [0.25, 0.3) is 0 Å². The lowest BCUT2D eigenvalue weighted by Crippen LogP contribution is -2.48. The summed E-state index contributed by atoms with van der Waals surface area (Å²) in [5.41, 5.74) is 1.15. The van der Waals surface area contributed by atoms with Gasteiger partial charge in [-0.2, -0.15) is 0 Å². The maximum atomic E-state index is 12.1. The molecular formula is C16H25N3O. The van der Waals surface area contributed by atoms with Gasteiger partial charge in [0.1, 0.15) is 0 Å². The first-order valence-electron chi connectivity index (χ1n) is 7.43. The first kappa shape index (κ1) is 15.0. The molecule has 1 heterocycles. The van der Waals surface area contributed by atoms with E-state index in [2.05, 4.69) is 15.5 Å². The molecule has 0 aromatic heterocycles. The lowest BCUT2D eigenvalue weighted by Gasteiger charge is -2.32. The number of nitrogens with one attached hydrogen (secondary N) is 2. The summed E-state index contributed by atoms with van der Waals surface area (Å²) in [4.78, 5) is 14.4. The van der Waals surface area contributed by atoms with Gasteiger partial charge in [0.05, 0.1) is 12.6 Å². The average molecular weight is 275 g/mol. The molecular weight excluding hydrogens is 250 g/mol. The zero-order valence-electron chi connectivity index (χ0n) is 12.4. The molecule has 0 saturated carbocycles. The molecule has 1 aliphatic heterocycles. The van der Waals surface area contributed by atoms with Crippen molar-refractivity contribution < 1.29 is 4.79 Å². The Hall–Kier alpha value is -1.39. The zero-order chi connectivity index (χ0) is 14.4. The van der Waals surface area contributed by atoms with Gasteiger partial charge in [0, 0.05) is 12.6 Å². The topological polar surface area (TPSA) is 44.4 Å². The molecule has 110 valence electrons. The van der Waals surface area contributed by atoms with Crippen LogP contribution in [0.2, 0.25) is 0 Å². The molecule has 1 aromatic rings. The van der Waals surface area contributed by atoms with Crippen molar-refractivity contribution in [3.05, 3.63) is 35.9 Å². The minimum atomic E-state index is 0.0635. The van der Waals surface area contributed by atoms with Gasteiger partial charge < -0.3 is 10.6 Å². The van der Waals surface area contributed by atoms with Crippen LogP contribution < -0.4 is 10.6 Å². The molecule has 1 aliphatic rings. The Morgan fingerprint density at radius 3 is 2.85 bits per heavy atom. The first-order valence-corrected chi connectivity index (χ1v) is 7.43. The molecule has 1 fully saturated rings. The summed E-state index contributed by atoms with van der Waals surface area (Å²) in [5.74, 6) is 0.109. The number of benzene rings is 1. The summed E-state index contributed by atoms with van der Waals surface area (Å²) in [7, 11) is 1.99. The van der Waals surface area contributed by atoms with Crippen LogP contribution in [0.4, 0.5) is 0 Å². The van der Waals surface area contributed by atoms with E-state index < -0.39 is 0 Å². The van der Waals surface area contributed by atoms with Crippen molar-refractivity contribution in [2.75, 3.05) is 26.7 Å². The number of amides is 1. The molecule has 2 atom stereocenters. The molecule has 2 unspecified atom stereocenters. The summed E-state index contributed by atoms with van der Waals surface area (Å²) < 4.78 is 0. The summed E-state index contributed by atoms with van der Waals surface area (Å²) in [6.45, 7) is 4.50. The molecule has 0 bridgehead atoms. The molecule has 0 radical (unpaired) electrons. The van der Waals surface area contributed by atoms with Crippen LogP contribution in [0.3, 0.4) is 0 Å². The van der Waals surface area contributed by atoms with Crippen LogP contribution in [-0.4, -0.2) is 43.5 Å². The van der Waals surface area contributed by atoms with Gasteiger partial charge in [-0.1, -0.05) is 30.3 Å². The highest BCUT2D eigenvalue weighted by Crippen LogP contribution is 2.12. The average Bonchev–Trinajstić information content (AvgIpc) is 2.48. The van der Waals surface area contributed by atoms with Crippen LogP contribution in [0.5, 0.6) is 0 Å². The smallest absolute Gasteiger partial charge is 0.234 e. The molecule has 1 saturated heterocycles. The summed E-state index contributed by atoms with van der Waals surface area (Å²) >= 11 is 0. The standard InChI is InChI=1S/C16H25N3O/c1-13(14-7-4-3-5-8-14)18-16(20)12-19-10-6-9-15(11-19)17-2/h3-5,7-8,13,15,17H,6,9-12H2,1-2H3,(H,18,20). The van der Waals surface area contributed by atoms with Crippen LogP contribution in [0.15, 0.2) is 30.3 Å². The second kappa shape index (κ2) is 7.41. The molecule has 1 amide bonds. The monoisotopic (exact) mass is 275 g/mol. The van der Waals surface area contributed by atoms with Gasteiger partial charge >= 0.3 is 0 Å². The largest absolute Gasteiger partial charge is 0.348 e. The van der Waals surface area contributed by atoms with E-state index in [0.717, 1.165) is 25.1 Å². The van der Waals surface area contributed by atoms with Gasteiger partial charge in [-0.3, -0.25) is 9.69 Å². The molecule has 2 rings (SSSR count). The van der Waals surface area contributed by atoms with Gasteiger partial charge in [-0.25, -0.2) is 0 Å². The number of hydrogen-bond acceptors (Lipinski definition) is 3. The Bertz CT molecular complexity index is 421. The van der Waals surface area contributed by atoms with Crippen LogP contribution in [0, 0.1) is 0 Å². The minimum absolute atomic E-state index is 0.0635. The highest BCUT2D eigenvalue weighted by Gasteiger charge is 2.20. The fraction of sp³-hybridized carbons (Fsp3) is 0.562. The second-order valence-corrected chi connectivity index (χ2v) is 5.56. The number of hydrogen-bond donors (Lipinski definition) is 2. The summed E-state index contributed by atoms with van der Waals surface area (Å²) in [6.07, 6.45) is 2.36. The third kappa shape index (κ3) is 4.32. The van der Waals surface area contributed by atoms with E-state index in [-0.39, 0.29) is 11.9 Å². The Labute approximate surface area is 121 Å². The third-order valence-corrected chi connectivity index (χ3v) is 3.96. The highest BCUT2D eigenvalue weighted by atomic mass is 16.2. The first-order chi connectivity index (χ1) is 9.69. The molecule has 4 nitrogen and oxygen atoms in total. The number of rotatable bonds is 5. The van der Waals surface area contributed by atoms with Crippen molar-refractivity contribution in [2.45, 2.75) is 31.8 Å². The van der Waals surface area contributed by atoms with Crippen molar-refractivity contribution >= 4 is 5.91 Å². The van der Waals surface area contributed by atoms with Gasteiger partial charge in [-0.05, 0) is 38.9 Å². The summed E-state index contributed by atoms with van der Waals surface area (Å²) in [6, 6.07) is 10.7. The predicted molar refractivity (Wildman–Crippen MR) is 81.5 cm³/mol. The Kier molecular flexibility index (Phi) is 5.56. The lowest BCUT2D eigenvalue weighted by molar-refractivity contribution is -0.123. The van der Waals surface area contributed by atoms with E-state index in [1.54, 1.807) is 0 Å². The molecule has 0 spiro atoms. The third-order valence-electron chi connectivity index (χ3n) is 3.96. The normalized spacial score (nSPS) is 21.4. The fourth-order valence-corrected chi connectivity index (χ4v) is 2.75. The number of nitrogens with zero attached hydrogens (tertiary/aromatic N) is 1. The van der Waals surface area contributed by atoms with E-state index in [0.29, 0.717) is 12.6 Å². The van der Waals surface area contributed by atoms with Crippen molar-refractivity contribution in [1.29, 1.82) is 0 Å². The summed E-state index contributed by atoms with van der Waals surface area (Å²) in [5, 5.41) is 6.38. The highest BCUT2D eigenvalue weighted by molar-refractivity contribution is 5.78. The van der Waals surface area contributed by atoms with Gasteiger partial charge in [0.15, 0.2) is 0 Å². The van der Waals surface area contributed by atoms with Crippen molar-refractivity contribution in [2.24, 2.45) is 0 Å². The lowest BCUT2D eigenvalue weighted by atomic mass is 10.1. The van der Waals surface area contributed by atoms with Crippen LogP contribution in [-0.2, 0) is 4.79 Å². The minimum Gasteiger partial charge on any atom is -0.348 e. The Morgan fingerprint density at radius 2 is 2.15 bits per heavy atom. The Morgan fingerprint density at radius 1 is 1.40 bits per heavy atom. The molecule has 20 heavy (non-hydrogen) atoms. The van der Waals surface area contributed by atoms with E-state index in [1.165, 1.54) is 6.42 Å². The van der Waals surface area contributed by atoms with Crippen LogP contribution in [0.25, 0.3) is 0 Å². The van der Waals surface area contributed by atoms with Crippen LogP contribution >= 0.6 is 0 Å². The Balaban J connectivity index is 1.80. The number of piperidine rings is 1. The number of likely N-dealkylation sites (tertiary alicyclic amines) is 1. The molecule has 0 aliphatic carbocycles. The number of likely N-dealkylation sites (N-methyl/N-ethyl adjacent to an activating group) is 1. The van der Waals surface area contributed by atoms with Crippen molar-refractivity contribution in [3.63, 3.8) is 0 Å². The predicted octanol–water partition coefficient (Wildman–Crippen LogP) is 1.55. The SMILES string of the molecule is CNC1CCCN(CC(=O)NC(C)c2ccccc2)C1.